The Morgan fingerprint density at radius 3 is 2.35 bits per heavy atom. The molecule has 0 spiro atoms. The topological polar surface area (TPSA) is 29.1 Å². The lowest BCUT2D eigenvalue weighted by atomic mass is 9.56. The summed E-state index contributed by atoms with van der Waals surface area (Å²) in [6, 6.07) is 8.16. The Kier molecular flexibility index (Phi) is 4.17. The van der Waals surface area contributed by atoms with Crippen molar-refractivity contribution in [3.63, 3.8) is 0 Å². The summed E-state index contributed by atoms with van der Waals surface area (Å²) in [5, 5.41) is 3.13. The molecule has 0 unspecified atom stereocenters. The Bertz CT molecular complexity index is 562. The zero-order chi connectivity index (χ0) is 15.9. The van der Waals surface area contributed by atoms with Gasteiger partial charge in [-0.05, 0) is 74.3 Å². The third kappa shape index (κ3) is 3.17. The lowest BCUT2D eigenvalue weighted by Gasteiger charge is -2.56. The van der Waals surface area contributed by atoms with Crippen LogP contribution in [0.3, 0.4) is 0 Å². The van der Waals surface area contributed by atoms with Gasteiger partial charge in [-0.2, -0.15) is 0 Å². The first kappa shape index (κ1) is 15.6. The van der Waals surface area contributed by atoms with E-state index in [4.69, 9.17) is 0 Å². The molecule has 4 aliphatic carbocycles. The van der Waals surface area contributed by atoms with Crippen LogP contribution in [-0.4, -0.2) is 16.4 Å². The van der Waals surface area contributed by atoms with E-state index in [1.807, 2.05) is 30.0 Å². The third-order valence-corrected chi connectivity index (χ3v) is 7.68. The van der Waals surface area contributed by atoms with Crippen molar-refractivity contribution in [2.75, 3.05) is 11.1 Å². The van der Waals surface area contributed by atoms with Gasteiger partial charge < -0.3 is 5.32 Å². The number of aryl methyl sites for hydroxylation is 1. The summed E-state index contributed by atoms with van der Waals surface area (Å²) < 4.78 is 0.427. The molecule has 4 aliphatic rings. The van der Waals surface area contributed by atoms with Gasteiger partial charge in [0.1, 0.15) is 0 Å². The van der Waals surface area contributed by atoms with Crippen LogP contribution in [0.15, 0.2) is 24.3 Å². The van der Waals surface area contributed by atoms with Crippen molar-refractivity contribution in [3.8, 4) is 0 Å². The predicted molar refractivity (Wildman–Crippen MR) is 97.8 cm³/mol. The number of thioether (sulfide) groups is 1. The number of anilines is 1. The monoisotopic (exact) mass is 329 g/mol. The summed E-state index contributed by atoms with van der Waals surface area (Å²) in [6.07, 6.45) is 9.45. The maximum Gasteiger partial charge on any atom is 0.234 e. The molecule has 0 heterocycles. The molecule has 23 heavy (non-hydrogen) atoms. The van der Waals surface area contributed by atoms with E-state index in [9.17, 15) is 4.79 Å². The van der Waals surface area contributed by atoms with Gasteiger partial charge in [0.15, 0.2) is 0 Å². The predicted octanol–water partition coefficient (Wildman–Crippen LogP) is 4.89. The van der Waals surface area contributed by atoms with Crippen molar-refractivity contribution in [1.82, 2.24) is 0 Å². The number of hydrogen-bond donors (Lipinski definition) is 1. The van der Waals surface area contributed by atoms with Crippen molar-refractivity contribution in [2.24, 2.45) is 17.8 Å². The maximum atomic E-state index is 12.4. The second kappa shape index (κ2) is 6.16. The van der Waals surface area contributed by atoms with Crippen LogP contribution >= 0.6 is 11.8 Å². The first-order valence-corrected chi connectivity index (χ1v) is 10.2. The first-order valence-electron chi connectivity index (χ1n) is 9.17. The molecular weight excluding hydrogens is 302 g/mol. The zero-order valence-electron chi connectivity index (χ0n) is 14.0. The fourth-order valence-corrected chi connectivity index (χ4v) is 7.13. The molecule has 4 saturated carbocycles. The van der Waals surface area contributed by atoms with Gasteiger partial charge in [-0.1, -0.05) is 25.1 Å². The van der Waals surface area contributed by atoms with Crippen molar-refractivity contribution in [1.29, 1.82) is 0 Å². The molecule has 1 aromatic rings. The van der Waals surface area contributed by atoms with Crippen LogP contribution in [0.1, 0.15) is 51.0 Å². The maximum absolute atomic E-state index is 12.4. The fraction of sp³-hybridized carbons (Fsp3) is 0.650. The molecule has 1 aromatic carbocycles. The van der Waals surface area contributed by atoms with E-state index in [-0.39, 0.29) is 5.91 Å². The Labute approximate surface area is 143 Å². The van der Waals surface area contributed by atoms with E-state index >= 15 is 0 Å². The Morgan fingerprint density at radius 2 is 1.74 bits per heavy atom. The van der Waals surface area contributed by atoms with Crippen molar-refractivity contribution >= 4 is 23.4 Å². The highest BCUT2D eigenvalue weighted by molar-refractivity contribution is 8.01. The SMILES string of the molecule is CCc1ccccc1NC(=O)CSC12CC3CC(CC(C3)C1)C2. The summed E-state index contributed by atoms with van der Waals surface area (Å²) >= 11 is 1.96. The number of carbonyl (C=O) groups is 1. The molecule has 3 heteroatoms. The lowest BCUT2D eigenvalue weighted by molar-refractivity contribution is -0.113. The van der Waals surface area contributed by atoms with Crippen LogP contribution in [-0.2, 0) is 11.2 Å². The molecule has 1 N–H and O–H groups in total. The highest BCUT2D eigenvalue weighted by Gasteiger charge is 2.51. The normalized spacial score (nSPS) is 34.6. The van der Waals surface area contributed by atoms with Gasteiger partial charge in [0.2, 0.25) is 5.91 Å². The van der Waals surface area contributed by atoms with E-state index in [0.717, 1.165) is 29.9 Å². The number of amides is 1. The summed E-state index contributed by atoms with van der Waals surface area (Å²) in [7, 11) is 0. The molecule has 0 aliphatic heterocycles. The quantitative estimate of drug-likeness (QED) is 0.833. The average Bonchev–Trinajstić information content (AvgIpc) is 2.52. The second-order valence-electron chi connectivity index (χ2n) is 7.95. The minimum Gasteiger partial charge on any atom is -0.325 e. The van der Waals surface area contributed by atoms with Crippen LogP contribution in [0.2, 0.25) is 0 Å². The van der Waals surface area contributed by atoms with E-state index in [1.165, 1.54) is 44.1 Å². The van der Waals surface area contributed by atoms with Gasteiger partial charge in [0, 0.05) is 10.4 Å². The molecule has 124 valence electrons. The molecule has 0 aromatic heterocycles. The molecule has 5 rings (SSSR count). The number of hydrogen-bond acceptors (Lipinski definition) is 2. The minimum absolute atomic E-state index is 0.173. The van der Waals surface area contributed by atoms with Gasteiger partial charge in [-0.3, -0.25) is 4.79 Å². The summed E-state index contributed by atoms with van der Waals surface area (Å²) in [5.41, 5.74) is 2.21. The minimum atomic E-state index is 0.173. The lowest BCUT2D eigenvalue weighted by Crippen LogP contribution is -2.49. The van der Waals surface area contributed by atoms with E-state index in [1.54, 1.807) is 0 Å². The molecule has 0 atom stereocenters. The van der Waals surface area contributed by atoms with E-state index in [2.05, 4.69) is 18.3 Å². The van der Waals surface area contributed by atoms with Crippen LogP contribution < -0.4 is 5.32 Å². The zero-order valence-corrected chi connectivity index (χ0v) is 14.8. The summed E-state index contributed by atoms with van der Waals surface area (Å²) in [5.74, 6) is 3.66. The number of para-hydroxylation sites is 1. The molecular formula is C20H27NOS. The van der Waals surface area contributed by atoms with Crippen molar-refractivity contribution in [2.45, 2.75) is 56.6 Å². The number of nitrogens with one attached hydrogen (secondary N) is 1. The Balaban J connectivity index is 1.37. The summed E-state index contributed by atoms with van der Waals surface area (Å²) in [6.45, 7) is 2.13. The van der Waals surface area contributed by atoms with Crippen LogP contribution in [0, 0.1) is 17.8 Å². The highest BCUT2D eigenvalue weighted by Crippen LogP contribution is 2.60. The highest BCUT2D eigenvalue weighted by atomic mass is 32.2. The Hall–Kier alpha value is -0.960. The third-order valence-electron chi connectivity index (χ3n) is 6.16. The van der Waals surface area contributed by atoms with Crippen LogP contribution in [0.5, 0.6) is 0 Å². The number of rotatable bonds is 5. The first-order chi connectivity index (χ1) is 11.2. The summed E-state index contributed by atoms with van der Waals surface area (Å²) in [4.78, 5) is 12.4. The molecule has 4 fully saturated rings. The number of benzene rings is 1. The Morgan fingerprint density at radius 1 is 1.13 bits per heavy atom. The molecule has 4 bridgehead atoms. The van der Waals surface area contributed by atoms with Crippen molar-refractivity contribution < 1.29 is 4.79 Å². The largest absolute Gasteiger partial charge is 0.325 e. The number of carbonyl (C=O) groups excluding carboxylic acids is 1. The smallest absolute Gasteiger partial charge is 0.234 e. The van der Waals surface area contributed by atoms with E-state index < -0.39 is 0 Å². The van der Waals surface area contributed by atoms with Gasteiger partial charge in [-0.25, -0.2) is 0 Å². The average molecular weight is 330 g/mol. The van der Waals surface area contributed by atoms with Crippen LogP contribution in [0.4, 0.5) is 5.69 Å². The van der Waals surface area contributed by atoms with Crippen molar-refractivity contribution in [3.05, 3.63) is 29.8 Å². The molecule has 1 amide bonds. The molecule has 0 radical (unpaired) electrons. The van der Waals surface area contributed by atoms with Gasteiger partial charge in [0.05, 0.1) is 5.75 Å². The van der Waals surface area contributed by atoms with Gasteiger partial charge >= 0.3 is 0 Å². The molecule has 0 saturated heterocycles. The van der Waals surface area contributed by atoms with Gasteiger partial charge in [0.25, 0.3) is 0 Å². The second-order valence-corrected chi connectivity index (χ2v) is 9.39. The molecule has 2 nitrogen and oxygen atoms in total. The standard InChI is InChI=1S/C20H27NOS/c1-2-17-5-3-4-6-18(17)21-19(22)13-23-20-10-14-7-15(11-20)9-16(8-14)12-20/h3-6,14-16H,2,7-13H2,1H3,(H,21,22). The van der Waals surface area contributed by atoms with Gasteiger partial charge in [-0.15, -0.1) is 11.8 Å². The fourth-order valence-electron chi connectivity index (χ4n) is 5.56. The van der Waals surface area contributed by atoms with E-state index in [0.29, 0.717) is 10.5 Å². The van der Waals surface area contributed by atoms with Crippen LogP contribution in [0.25, 0.3) is 0 Å².